The summed E-state index contributed by atoms with van der Waals surface area (Å²) in [6, 6.07) is 9.59. The normalized spacial score (nSPS) is 11.0. The molecule has 0 aliphatic heterocycles. The Morgan fingerprint density at radius 1 is 1.04 bits per heavy atom. The van der Waals surface area contributed by atoms with Crippen LogP contribution in [-0.4, -0.2) is 27.1 Å². The van der Waals surface area contributed by atoms with Crippen LogP contribution in [0.15, 0.2) is 36.5 Å². The maximum atomic E-state index is 12.2. The SMILES string of the molecule is CCC(CC)NC(=O)Nc1cnc2ccc(-c3cc(C)c(O)c(C)c3)cc2n1. The molecule has 0 bridgehead atoms. The number of aryl methyl sites for hydroxylation is 2. The summed E-state index contributed by atoms with van der Waals surface area (Å²) < 4.78 is 0. The standard InChI is InChI=1S/C22H26N4O2/c1-5-17(6-2)24-22(28)26-20-12-23-18-8-7-15(11-19(18)25-20)16-9-13(3)21(27)14(4)10-16/h7-12,17,27H,5-6H2,1-4H3,(H2,24,25,26,28). The van der Waals surface area contributed by atoms with Gasteiger partial charge in [0.25, 0.3) is 0 Å². The first-order valence-electron chi connectivity index (χ1n) is 9.56. The molecule has 3 aromatic rings. The van der Waals surface area contributed by atoms with E-state index < -0.39 is 0 Å². The van der Waals surface area contributed by atoms with Crippen LogP contribution in [0.25, 0.3) is 22.2 Å². The third kappa shape index (κ3) is 4.22. The van der Waals surface area contributed by atoms with Crippen molar-refractivity contribution in [3.05, 3.63) is 47.7 Å². The molecule has 0 unspecified atom stereocenters. The van der Waals surface area contributed by atoms with E-state index in [1.807, 2.05) is 58.0 Å². The highest BCUT2D eigenvalue weighted by molar-refractivity contribution is 5.90. The van der Waals surface area contributed by atoms with Gasteiger partial charge in [-0.1, -0.05) is 19.9 Å². The number of carbonyl (C=O) groups is 1. The third-order valence-corrected chi connectivity index (χ3v) is 4.93. The molecule has 0 radical (unpaired) electrons. The first kappa shape index (κ1) is 19.6. The Morgan fingerprint density at radius 3 is 2.36 bits per heavy atom. The average molecular weight is 378 g/mol. The molecule has 0 fully saturated rings. The molecule has 3 rings (SSSR count). The van der Waals surface area contributed by atoms with Gasteiger partial charge in [0.05, 0.1) is 17.2 Å². The minimum absolute atomic E-state index is 0.140. The van der Waals surface area contributed by atoms with Crippen molar-refractivity contribution in [2.24, 2.45) is 0 Å². The van der Waals surface area contributed by atoms with Gasteiger partial charge in [-0.05, 0) is 73.2 Å². The van der Waals surface area contributed by atoms with Gasteiger partial charge in [-0.15, -0.1) is 0 Å². The number of nitrogens with one attached hydrogen (secondary N) is 2. The summed E-state index contributed by atoms with van der Waals surface area (Å²) in [4.78, 5) is 21.1. The Balaban J connectivity index is 1.88. The maximum absolute atomic E-state index is 12.2. The van der Waals surface area contributed by atoms with Gasteiger partial charge in [0.2, 0.25) is 0 Å². The number of fused-ring (bicyclic) bond motifs is 1. The summed E-state index contributed by atoms with van der Waals surface area (Å²) >= 11 is 0. The average Bonchev–Trinajstić information content (AvgIpc) is 2.69. The zero-order valence-electron chi connectivity index (χ0n) is 16.7. The highest BCUT2D eigenvalue weighted by atomic mass is 16.3. The van der Waals surface area contributed by atoms with Gasteiger partial charge in [-0.2, -0.15) is 0 Å². The molecule has 0 aliphatic rings. The van der Waals surface area contributed by atoms with Crippen LogP contribution >= 0.6 is 0 Å². The molecule has 2 amide bonds. The zero-order valence-corrected chi connectivity index (χ0v) is 16.7. The van der Waals surface area contributed by atoms with Crippen molar-refractivity contribution in [3.63, 3.8) is 0 Å². The first-order valence-corrected chi connectivity index (χ1v) is 9.56. The quantitative estimate of drug-likeness (QED) is 0.587. The highest BCUT2D eigenvalue weighted by Gasteiger charge is 2.11. The number of hydrogen-bond donors (Lipinski definition) is 3. The number of nitrogens with zero attached hydrogens (tertiary/aromatic N) is 2. The van der Waals surface area contributed by atoms with Crippen molar-refractivity contribution < 1.29 is 9.90 Å². The minimum Gasteiger partial charge on any atom is -0.507 e. The Labute approximate surface area is 165 Å². The van der Waals surface area contributed by atoms with Crippen LogP contribution in [0.1, 0.15) is 37.8 Å². The predicted octanol–water partition coefficient (Wildman–Crippen LogP) is 4.93. The Hall–Kier alpha value is -3.15. The van der Waals surface area contributed by atoms with E-state index in [0.29, 0.717) is 17.1 Å². The number of hydrogen-bond acceptors (Lipinski definition) is 4. The Morgan fingerprint density at radius 2 is 1.71 bits per heavy atom. The Kier molecular flexibility index (Phi) is 5.78. The van der Waals surface area contributed by atoms with Crippen LogP contribution in [0.5, 0.6) is 5.75 Å². The van der Waals surface area contributed by atoms with Crippen molar-refractivity contribution in [1.82, 2.24) is 15.3 Å². The number of urea groups is 1. The molecule has 0 atom stereocenters. The predicted molar refractivity (Wildman–Crippen MR) is 113 cm³/mol. The summed E-state index contributed by atoms with van der Waals surface area (Å²) in [5, 5.41) is 15.7. The summed E-state index contributed by atoms with van der Waals surface area (Å²) in [7, 11) is 0. The van der Waals surface area contributed by atoms with Crippen LogP contribution in [0.2, 0.25) is 0 Å². The molecule has 0 aliphatic carbocycles. The molecule has 3 N–H and O–H groups in total. The lowest BCUT2D eigenvalue weighted by Gasteiger charge is -2.15. The summed E-state index contributed by atoms with van der Waals surface area (Å²) in [6.45, 7) is 7.84. The first-order chi connectivity index (χ1) is 13.4. The molecule has 0 saturated heterocycles. The number of phenols is 1. The van der Waals surface area contributed by atoms with Crippen molar-refractivity contribution in [2.45, 2.75) is 46.6 Å². The number of aromatic nitrogens is 2. The monoisotopic (exact) mass is 378 g/mol. The fourth-order valence-electron chi connectivity index (χ4n) is 3.20. The second-order valence-electron chi connectivity index (χ2n) is 7.03. The lowest BCUT2D eigenvalue weighted by atomic mass is 9.99. The molecular weight excluding hydrogens is 352 g/mol. The highest BCUT2D eigenvalue weighted by Crippen LogP contribution is 2.30. The second-order valence-corrected chi connectivity index (χ2v) is 7.03. The van der Waals surface area contributed by atoms with E-state index in [2.05, 4.69) is 20.6 Å². The number of anilines is 1. The molecule has 6 nitrogen and oxygen atoms in total. The minimum atomic E-state index is -0.275. The van der Waals surface area contributed by atoms with Crippen LogP contribution < -0.4 is 10.6 Å². The van der Waals surface area contributed by atoms with Gasteiger partial charge in [0.15, 0.2) is 5.82 Å². The number of carbonyl (C=O) groups excluding carboxylic acids is 1. The molecular formula is C22H26N4O2. The maximum Gasteiger partial charge on any atom is 0.320 e. The lowest BCUT2D eigenvalue weighted by molar-refractivity contribution is 0.247. The van der Waals surface area contributed by atoms with Crippen LogP contribution in [0.3, 0.4) is 0 Å². The van der Waals surface area contributed by atoms with Gasteiger partial charge in [0, 0.05) is 6.04 Å². The number of benzene rings is 2. The van der Waals surface area contributed by atoms with Gasteiger partial charge in [-0.25, -0.2) is 9.78 Å². The van der Waals surface area contributed by atoms with E-state index in [4.69, 9.17) is 0 Å². The number of amides is 2. The van der Waals surface area contributed by atoms with Crippen molar-refractivity contribution >= 4 is 22.9 Å². The molecule has 28 heavy (non-hydrogen) atoms. The van der Waals surface area contributed by atoms with Crippen molar-refractivity contribution in [1.29, 1.82) is 0 Å². The van der Waals surface area contributed by atoms with Crippen LogP contribution in [-0.2, 0) is 0 Å². The molecule has 6 heteroatoms. The van der Waals surface area contributed by atoms with Crippen LogP contribution in [0.4, 0.5) is 10.6 Å². The molecule has 146 valence electrons. The van der Waals surface area contributed by atoms with E-state index in [1.165, 1.54) is 0 Å². The Bertz CT molecular complexity index is 990. The number of rotatable bonds is 5. The van der Waals surface area contributed by atoms with Gasteiger partial charge in [0.1, 0.15) is 5.75 Å². The topological polar surface area (TPSA) is 87.1 Å². The second kappa shape index (κ2) is 8.25. The van der Waals surface area contributed by atoms with E-state index in [1.54, 1.807) is 6.20 Å². The smallest absolute Gasteiger partial charge is 0.320 e. The number of phenolic OH excluding ortho intramolecular Hbond substituents is 1. The van der Waals surface area contributed by atoms with Crippen molar-refractivity contribution in [2.75, 3.05) is 5.32 Å². The molecule has 0 saturated carbocycles. The van der Waals surface area contributed by atoms with Crippen molar-refractivity contribution in [3.8, 4) is 16.9 Å². The van der Waals surface area contributed by atoms with E-state index in [9.17, 15) is 9.90 Å². The molecule has 0 spiro atoms. The van der Waals surface area contributed by atoms with E-state index in [0.717, 1.165) is 40.6 Å². The number of aromatic hydroxyl groups is 1. The summed E-state index contributed by atoms with van der Waals surface area (Å²) in [5.41, 5.74) is 5.08. The molecule has 1 heterocycles. The van der Waals surface area contributed by atoms with Gasteiger partial charge >= 0.3 is 6.03 Å². The zero-order chi connectivity index (χ0) is 20.3. The largest absolute Gasteiger partial charge is 0.507 e. The molecule has 2 aromatic carbocycles. The van der Waals surface area contributed by atoms with Gasteiger partial charge in [-0.3, -0.25) is 10.3 Å². The summed E-state index contributed by atoms with van der Waals surface area (Å²) in [5.74, 6) is 0.727. The molecule has 1 aromatic heterocycles. The van der Waals surface area contributed by atoms with E-state index in [-0.39, 0.29) is 12.1 Å². The lowest BCUT2D eigenvalue weighted by Crippen LogP contribution is -2.37. The fourth-order valence-corrected chi connectivity index (χ4v) is 3.20. The fraction of sp³-hybridized carbons (Fsp3) is 0.318. The van der Waals surface area contributed by atoms with Gasteiger partial charge < -0.3 is 10.4 Å². The summed E-state index contributed by atoms with van der Waals surface area (Å²) in [6.07, 6.45) is 3.31. The third-order valence-electron chi connectivity index (χ3n) is 4.93. The van der Waals surface area contributed by atoms with Crippen LogP contribution in [0, 0.1) is 13.8 Å². The van der Waals surface area contributed by atoms with E-state index >= 15 is 0 Å².